The maximum Gasteiger partial charge on any atom is 0.0454 e. The minimum Gasteiger partial charge on any atom is -0.344 e. The molecule has 0 radical (unpaired) electrons. The molecule has 0 aliphatic carbocycles. The molecule has 1 N–H and O–H groups in total. The second kappa shape index (κ2) is 7.32. The fraction of sp³-hybridized carbons (Fsp3) is 0.294. The predicted octanol–water partition coefficient (Wildman–Crippen LogP) is 4.61. The molecule has 0 fully saturated rings. The van der Waals surface area contributed by atoms with Crippen molar-refractivity contribution in [2.75, 3.05) is 18.5 Å². The highest BCUT2D eigenvalue weighted by Crippen LogP contribution is 2.29. The average Bonchev–Trinajstić information content (AvgIpc) is 2.48. The van der Waals surface area contributed by atoms with E-state index in [1.54, 1.807) is 0 Å². The summed E-state index contributed by atoms with van der Waals surface area (Å²) in [5.41, 5.74) is 3.58. The maximum atomic E-state index is 6.13. The first-order chi connectivity index (χ1) is 9.72. The summed E-state index contributed by atoms with van der Waals surface area (Å²) in [5.74, 6) is 0. The molecule has 0 spiro atoms. The summed E-state index contributed by atoms with van der Waals surface area (Å²) < 4.78 is 0. The lowest BCUT2D eigenvalue weighted by Crippen LogP contribution is -2.18. The third-order valence-corrected chi connectivity index (χ3v) is 3.52. The normalized spacial score (nSPS) is 10.6. The van der Waals surface area contributed by atoms with Crippen LogP contribution in [0.5, 0.6) is 0 Å². The van der Waals surface area contributed by atoms with E-state index in [4.69, 9.17) is 11.6 Å². The van der Waals surface area contributed by atoms with Gasteiger partial charge in [-0.05, 0) is 48.9 Å². The number of nitrogens with zero attached hydrogens (tertiary/aromatic N) is 1. The van der Waals surface area contributed by atoms with Crippen LogP contribution in [0.4, 0.5) is 11.4 Å². The maximum absolute atomic E-state index is 6.13. The van der Waals surface area contributed by atoms with E-state index < -0.39 is 0 Å². The zero-order valence-electron chi connectivity index (χ0n) is 12.1. The lowest BCUT2D eigenvalue weighted by molar-refractivity contribution is 0.675. The number of hydrogen-bond acceptors (Lipinski definition) is 2. The van der Waals surface area contributed by atoms with Crippen molar-refractivity contribution in [3.05, 3.63) is 59.1 Å². The molecule has 0 amide bonds. The summed E-state index contributed by atoms with van der Waals surface area (Å²) in [6.45, 7) is 4.02. The second-order valence-electron chi connectivity index (χ2n) is 4.84. The van der Waals surface area contributed by atoms with Crippen LogP contribution < -0.4 is 10.2 Å². The Bertz CT molecular complexity index is 540. The van der Waals surface area contributed by atoms with Gasteiger partial charge in [-0.2, -0.15) is 0 Å². The zero-order valence-corrected chi connectivity index (χ0v) is 12.8. The Morgan fingerprint density at radius 2 is 1.85 bits per heavy atom. The van der Waals surface area contributed by atoms with Gasteiger partial charge in [0.05, 0.1) is 0 Å². The first kappa shape index (κ1) is 14.9. The third-order valence-electron chi connectivity index (χ3n) is 3.29. The van der Waals surface area contributed by atoms with E-state index in [0.29, 0.717) is 0 Å². The number of hydrogen-bond donors (Lipinski definition) is 1. The molecular weight excluding hydrogens is 268 g/mol. The first-order valence-electron chi connectivity index (χ1n) is 7.00. The van der Waals surface area contributed by atoms with Crippen LogP contribution in [0, 0.1) is 0 Å². The van der Waals surface area contributed by atoms with Gasteiger partial charge in [-0.1, -0.05) is 36.7 Å². The average molecular weight is 289 g/mol. The number of para-hydroxylation sites is 1. The topological polar surface area (TPSA) is 15.3 Å². The summed E-state index contributed by atoms with van der Waals surface area (Å²) in [5, 5.41) is 4.22. The molecule has 0 aliphatic rings. The van der Waals surface area contributed by atoms with Crippen molar-refractivity contribution in [2.45, 2.75) is 19.9 Å². The molecule has 2 rings (SSSR count). The van der Waals surface area contributed by atoms with Gasteiger partial charge in [-0.25, -0.2) is 0 Å². The zero-order chi connectivity index (χ0) is 14.4. The number of nitrogens with one attached hydrogen (secondary N) is 1. The van der Waals surface area contributed by atoms with Crippen molar-refractivity contribution in [1.82, 2.24) is 5.32 Å². The van der Waals surface area contributed by atoms with Gasteiger partial charge in [0.2, 0.25) is 0 Å². The number of anilines is 2. The highest BCUT2D eigenvalue weighted by molar-refractivity contribution is 6.30. The van der Waals surface area contributed by atoms with Crippen LogP contribution in [-0.2, 0) is 6.54 Å². The molecule has 2 aromatic rings. The SMILES string of the molecule is CCCNCc1cc(Cl)ccc1N(C)c1ccccc1. The lowest BCUT2D eigenvalue weighted by atomic mass is 10.1. The van der Waals surface area contributed by atoms with Crippen LogP contribution in [0.1, 0.15) is 18.9 Å². The Hall–Kier alpha value is -1.51. The molecular formula is C17H21ClN2. The molecule has 2 aromatic carbocycles. The van der Waals surface area contributed by atoms with Crippen molar-refractivity contribution in [2.24, 2.45) is 0 Å². The van der Waals surface area contributed by atoms with Gasteiger partial charge in [0.25, 0.3) is 0 Å². The van der Waals surface area contributed by atoms with Crippen LogP contribution >= 0.6 is 11.6 Å². The number of benzene rings is 2. The van der Waals surface area contributed by atoms with E-state index in [9.17, 15) is 0 Å². The first-order valence-corrected chi connectivity index (χ1v) is 7.38. The summed E-state index contributed by atoms with van der Waals surface area (Å²) >= 11 is 6.13. The molecule has 0 heterocycles. The molecule has 2 nitrogen and oxygen atoms in total. The Kier molecular flexibility index (Phi) is 5.45. The Morgan fingerprint density at radius 3 is 2.55 bits per heavy atom. The van der Waals surface area contributed by atoms with E-state index in [1.165, 1.54) is 16.9 Å². The molecule has 0 aromatic heterocycles. The monoisotopic (exact) mass is 288 g/mol. The molecule has 0 aliphatic heterocycles. The molecule has 0 saturated heterocycles. The van der Waals surface area contributed by atoms with Crippen LogP contribution in [0.15, 0.2) is 48.5 Å². The van der Waals surface area contributed by atoms with Crippen molar-refractivity contribution >= 4 is 23.0 Å². The van der Waals surface area contributed by atoms with Crippen molar-refractivity contribution in [3.8, 4) is 0 Å². The predicted molar refractivity (Wildman–Crippen MR) is 88.0 cm³/mol. The molecule has 106 valence electrons. The molecule has 0 saturated carbocycles. The quantitative estimate of drug-likeness (QED) is 0.781. The summed E-state index contributed by atoms with van der Waals surface area (Å²) in [4.78, 5) is 2.19. The number of rotatable bonds is 6. The van der Waals surface area contributed by atoms with Gasteiger partial charge in [-0.3, -0.25) is 0 Å². The number of halogens is 1. The lowest BCUT2D eigenvalue weighted by Gasteiger charge is -2.23. The van der Waals surface area contributed by atoms with E-state index >= 15 is 0 Å². The van der Waals surface area contributed by atoms with Crippen molar-refractivity contribution in [3.63, 3.8) is 0 Å². The van der Waals surface area contributed by atoms with Crippen LogP contribution in [0.3, 0.4) is 0 Å². The van der Waals surface area contributed by atoms with Gasteiger partial charge in [0.1, 0.15) is 0 Å². The van der Waals surface area contributed by atoms with Crippen LogP contribution in [0.2, 0.25) is 5.02 Å². The highest BCUT2D eigenvalue weighted by Gasteiger charge is 2.09. The summed E-state index contributed by atoms with van der Waals surface area (Å²) in [7, 11) is 2.09. The van der Waals surface area contributed by atoms with E-state index in [-0.39, 0.29) is 0 Å². The molecule has 20 heavy (non-hydrogen) atoms. The summed E-state index contributed by atoms with van der Waals surface area (Å²) in [6.07, 6.45) is 1.13. The standard InChI is InChI=1S/C17H21ClN2/c1-3-11-19-13-14-12-15(18)9-10-17(14)20(2)16-7-5-4-6-8-16/h4-10,12,19H,3,11,13H2,1-2H3. The van der Waals surface area contributed by atoms with Crippen LogP contribution in [-0.4, -0.2) is 13.6 Å². The highest BCUT2D eigenvalue weighted by atomic mass is 35.5. The minimum atomic E-state index is 0.781. The molecule has 0 atom stereocenters. The molecule has 3 heteroatoms. The fourth-order valence-corrected chi connectivity index (χ4v) is 2.41. The second-order valence-corrected chi connectivity index (χ2v) is 5.28. The van der Waals surface area contributed by atoms with E-state index in [2.05, 4.69) is 54.5 Å². The largest absolute Gasteiger partial charge is 0.344 e. The van der Waals surface area contributed by atoms with E-state index in [1.807, 2.05) is 18.2 Å². The Labute approximate surface area is 126 Å². The minimum absolute atomic E-state index is 0.781. The smallest absolute Gasteiger partial charge is 0.0454 e. The van der Waals surface area contributed by atoms with Gasteiger partial charge in [0.15, 0.2) is 0 Å². The van der Waals surface area contributed by atoms with Gasteiger partial charge >= 0.3 is 0 Å². The van der Waals surface area contributed by atoms with Gasteiger partial charge < -0.3 is 10.2 Å². The molecule has 0 unspecified atom stereocenters. The Balaban J connectivity index is 2.25. The Morgan fingerprint density at radius 1 is 1.10 bits per heavy atom. The van der Waals surface area contributed by atoms with Crippen molar-refractivity contribution < 1.29 is 0 Å². The van der Waals surface area contributed by atoms with Gasteiger partial charge in [-0.15, -0.1) is 0 Å². The fourth-order valence-electron chi connectivity index (χ4n) is 2.21. The molecule has 0 bridgehead atoms. The third kappa shape index (κ3) is 3.75. The van der Waals surface area contributed by atoms with Gasteiger partial charge in [0, 0.05) is 30.0 Å². The summed E-state index contributed by atoms with van der Waals surface area (Å²) in [6, 6.07) is 16.4. The van der Waals surface area contributed by atoms with E-state index in [0.717, 1.165) is 24.5 Å². The van der Waals surface area contributed by atoms with Crippen LogP contribution in [0.25, 0.3) is 0 Å². The van der Waals surface area contributed by atoms with Crippen molar-refractivity contribution in [1.29, 1.82) is 0 Å².